The maximum absolute atomic E-state index is 4.36. The summed E-state index contributed by atoms with van der Waals surface area (Å²) in [5, 5.41) is 3.23. The quantitative estimate of drug-likeness (QED) is 0.858. The summed E-state index contributed by atoms with van der Waals surface area (Å²) in [5.74, 6) is 0.574. The molecule has 1 aromatic carbocycles. The van der Waals surface area contributed by atoms with Gasteiger partial charge in [0, 0.05) is 24.4 Å². The molecular formula is C16H23N3. The fourth-order valence-corrected chi connectivity index (χ4v) is 2.60. The molecule has 0 aliphatic carbocycles. The van der Waals surface area contributed by atoms with Crippen LogP contribution in [-0.4, -0.2) is 16.6 Å². The molecule has 0 radical (unpaired) electrons. The Bertz CT molecular complexity index is 512. The maximum atomic E-state index is 4.36. The van der Waals surface area contributed by atoms with Crippen LogP contribution in [-0.2, 0) is 6.54 Å². The first kappa shape index (κ1) is 13.8. The van der Waals surface area contributed by atoms with E-state index in [1.54, 1.807) is 0 Å². The van der Waals surface area contributed by atoms with Gasteiger partial charge in [-0.2, -0.15) is 0 Å². The van der Waals surface area contributed by atoms with Gasteiger partial charge in [0.05, 0.1) is 12.0 Å². The highest BCUT2D eigenvalue weighted by molar-refractivity contribution is 5.42. The summed E-state index contributed by atoms with van der Waals surface area (Å²) in [7, 11) is 1.98. The van der Waals surface area contributed by atoms with Crippen LogP contribution in [0.3, 0.4) is 0 Å². The van der Waals surface area contributed by atoms with Gasteiger partial charge in [0.25, 0.3) is 0 Å². The third-order valence-electron chi connectivity index (χ3n) is 3.69. The van der Waals surface area contributed by atoms with Crippen molar-refractivity contribution in [3.63, 3.8) is 0 Å². The van der Waals surface area contributed by atoms with Gasteiger partial charge in [-0.05, 0) is 31.5 Å². The Morgan fingerprint density at radius 3 is 2.63 bits per heavy atom. The van der Waals surface area contributed by atoms with Gasteiger partial charge in [-0.15, -0.1) is 0 Å². The smallest absolute Gasteiger partial charge is 0.0994 e. The van der Waals surface area contributed by atoms with E-state index in [-0.39, 0.29) is 0 Å². The minimum atomic E-state index is 0.574. The van der Waals surface area contributed by atoms with Gasteiger partial charge in [0.2, 0.25) is 0 Å². The lowest BCUT2D eigenvalue weighted by Crippen LogP contribution is -2.11. The molecule has 0 saturated heterocycles. The molecule has 2 aromatic rings. The van der Waals surface area contributed by atoms with Crippen molar-refractivity contribution in [2.75, 3.05) is 7.05 Å². The van der Waals surface area contributed by atoms with Crippen LogP contribution >= 0.6 is 0 Å². The number of hydrogen-bond donors (Lipinski definition) is 1. The van der Waals surface area contributed by atoms with Crippen molar-refractivity contribution in [2.45, 2.75) is 39.2 Å². The third-order valence-corrected chi connectivity index (χ3v) is 3.69. The van der Waals surface area contributed by atoms with Gasteiger partial charge in [0.1, 0.15) is 0 Å². The van der Waals surface area contributed by atoms with Gasteiger partial charge in [-0.1, -0.05) is 32.0 Å². The van der Waals surface area contributed by atoms with E-state index in [1.807, 2.05) is 19.6 Å². The second-order valence-corrected chi connectivity index (χ2v) is 4.86. The second-order valence-electron chi connectivity index (χ2n) is 4.86. The fraction of sp³-hybridized carbons (Fsp3) is 0.438. The molecule has 0 atom stereocenters. The summed E-state index contributed by atoms with van der Waals surface area (Å²) >= 11 is 0. The molecule has 1 heterocycles. The Morgan fingerprint density at radius 1 is 1.21 bits per heavy atom. The lowest BCUT2D eigenvalue weighted by molar-refractivity contribution is 0.610. The highest BCUT2D eigenvalue weighted by atomic mass is 15.1. The molecule has 0 aliphatic heterocycles. The van der Waals surface area contributed by atoms with Crippen molar-refractivity contribution in [3.05, 3.63) is 48.0 Å². The second kappa shape index (κ2) is 6.53. The number of aromatic nitrogens is 2. The molecule has 0 bridgehead atoms. The summed E-state index contributed by atoms with van der Waals surface area (Å²) in [4.78, 5) is 4.36. The number of hydrogen-bond acceptors (Lipinski definition) is 2. The van der Waals surface area contributed by atoms with Crippen molar-refractivity contribution in [2.24, 2.45) is 0 Å². The first-order valence-corrected chi connectivity index (χ1v) is 7.06. The molecule has 0 aliphatic rings. The Labute approximate surface area is 115 Å². The summed E-state index contributed by atoms with van der Waals surface area (Å²) in [6.45, 7) is 5.35. The first-order chi connectivity index (χ1) is 9.31. The van der Waals surface area contributed by atoms with Crippen molar-refractivity contribution in [1.29, 1.82) is 0 Å². The molecule has 0 amide bonds. The highest BCUT2D eigenvalue weighted by Gasteiger charge is 2.14. The van der Waals surface area contributed by atoms with E-state index >= 15 is 0 Å². The largest absolute Gasteiger partial charge is 0.316 e. The number of rotatable bonds is 6. The monoisotopic (exact) mass is 257 g/mol. The number of para-hydroxylation sites is 1. The van der Waals surface area contributed by atoms with E-state index in [4.69, 9.17) is 0 Å². The normalized spacial score (nSPS) is 11.2. The Morgan fingerprint density at radius 2 is 1.95 bits per heavy atom. The van der Waals surface area contributed by atoms with E-state index in [1.165, 1.54) is 16.9 Å². The zero-order valence-corrected chi connectivity index (χ0v) is 12.1. The van der Waals surface area contributed by atoms with Crippen LogP contribution in [0.25, 0.3) is 5.69 Å². The van der Waals surface area contributed by atoms with Crippen LogP contribution in [0, 0.1) is 0 Å². The molecule has 1 N–H and O–H groups in total. The average molecular weight is 257 g/mol. The topological polar surface area (TPSA) is 29.9 Å². The minimum absolute atomic E-state index is 0.574. The summed E-state index contributed by atoms with van der Waals surface area (Å²) in [5.41, 5.74) is 3.85. The number of imidazole rings is 1. The van der Waals surface area contributed by atoms with Gasteiger partial charge < -0.3 is 9.88 Å². The minimum Gasteiger partial charge on any atom is -0.316 e. The van der Waals surface area contributed by atoms with Crippen molar-refractivity contribution < 1.29 is 0 Å². The maximum Gasteiger partial charge on any atom is 0.0994 e. The predicted octanol–water partition coefficient (Wildman–Crippen LogP) is 3.50. The number of nitrogens with zero attached hydrogens (tertiary/aromatic N) is 2. The predicted molar refractivity (Wildman–Crippen MR) is 79.7 cm³/mol. The van der Waals surface area contributed by atoms with Crippen LogP contribution in [0.15, 0.2) is 36.8 Å². The standard InChI is InChI=1S/C16H23N3/c1-4-13(5-2)16-11-18-12-19(16)15-9-7-6-8-14(15)10-17-3/h6-9,11-13,17H,4-5,10H2,1-3H3. The van der Waals surface area contributed by atoms with Crippen molar-refractivity contribution in [3.8, 4) is 5.69 Å². The van der Waals surface area contributed by atoms with E-state index < -0.39 is 0 Å². The molecule has 0 fully saturated rings. The zero-order valence-electron chi connectivity index (χ0n) is 12.1. The van der Waals surface area contributed by atoms with Gasteiger partial charge in [0.15, 0.2) is 0 Å². The molecule has 0 spiro atoms. The van der Waals surface area contributed by atoms with Gasteiger partial charge >= 0.3 is 0 Å². The molecule has 0 unspecified atom stereocenters. The van der Waals surface area contributed by atoms with Crippen molar-refractivity contribution >= 4 is 0 Å². The lowest BCUT2D eigenvalue weighted by Gasteiger charge is -2.18. The van der Waals surface area contributed by atoms with Crippen LogP contribution in [0.5, 0.6) is 0 Å². The summed E-state index contributed by atoms with van der Waals surface area (Å²) in [6, 6.07) is 8.51. The summed E-state index contributed by atoms with van der Waals surface area (Å²) < 4.78 is 2.24. The Balaban J connectivity index is 2.45. The molecule has 1 aromatic heterocycles. The van der Waals surface area contributed by atoms with E-state index in [0.717, 1.165) is 19.4 Å². The van der Waals surface area contributed by atoms with Crippen LogP contribution in [0.2, 0.25) is 0 Å². The lowest BCUT2D eigenvalue weighted by atomic mass is 9.99. The first-order valence-electron chi connectivity index (χ1n) is 7.06. The summed E-state index contributed by atoms with van der Waals surface area (Å²) in [6.07, 6.45) is 6.24. The van der Waals surface area contributed by atoms with Gasteiger partial charge in [-0.3, -0.25) is 0 Å². The van der Waals surface area contributed by atoms with Crippen molar-refractivity contribution in [1.82, 2.24) is 14.9 Å². The molecule has 19 heavy (non-hydrogen) atoms. The van der Waals surface area contributed by atoms with Crippen LogP contribution in [0.4, 0.5) is 0 Å². The molecule has 0 saturated carbocycles. The SMILES string of the molecule is CCC(CC)c1cncn1-c1ccccc1CNC. The molecule has 3 heteroatoms. The zero-order chi connectivity index (χ0) is 13.7. The third kappa shape index (κ3) is 2.87. The Kier molecular flexibility index (Phi) is 4.74. The molecular weight excluding hydrogens is 234 g/mol. The average Bonchev–Trinajstić information content (AvgIpc) is 2.90. The van der Waals surface area contributed by atoms with E-state index in [0.29, 0.717) is 5.92 Å². The van der Waals surface area contributed by atoms with Crippen LogP contribution < -0.4 is 5.32 Å². The van der Waals surface area contributed by atoms with E-state index in [2.05, 4.69) is 53.0 Å². The molecule has 102 valence electrons. The van der Waals surface area contributed by atoms with Gasteiger partial charge in [-0.25, -0.2) is 4.98 Å². The molecule has 2 rings (SSSR count). The van der Waals surface area contributed by atoms with E-state index in [9.17, 15) is 0 Å². The number of benzene rings is 1. The highest BCUT2D eigenvalue weighted by Crippen LogP contribution is 2.26. The number of nitrogens with one attached hydrogen (secondary N) is 1. The fourth-order valence-electron chi connectivity index (χ4n) is 2.60. The Hall–Kier alpha value is -1.61. The molecule has 3 nitrogen and oxygen atoms in total. The van der Waals surface area contributed by atoms with Crippen LogP contribution in [0.1, 0.15) is 43.9 Å².